The van der Waals surface area contributed by atoms with Gasteiger partial charge >= 0.3 is 6.03 Å². The van der Waals surface area contributed by atoms with Crippen LogP contribution in [0.3, 0.4) is 0 Å². The maximum atomic E-state index is 12.4. The molecule has 116 valence electrons. The van der Waals surface area contributed by atoms with Crippen molar-refractivity contribution in [1.29, 1.82) is 0 Å². The fourth-order valence-electron chi connectivity index (χ4n) is 2.93. The van der Waals surface area contributed by atoms with E-state index < -0.39 is 0 Å². The fraction of sp³-hybridized carbons (Fsp3) is 0.588. The summed E-state index contributed by atoms with van der Waals surface area (Å²) in [7, 11) is 0. The largest absolute Gasteiger partial charge is 0.394 e. The second-order valence-corrected chi connectivity index (χ2v) is 6.27. The minimum atomic E-state index is -0.113. The molecule has 2 unspecified atom stereocenters. The third kappa shape index (κ3) is 3.76. The van der Waals surface area contributed by atoms with Crippen LogP contribution in [0.5, 0.6) is 0 Å². The summed E-state index contributed by atoms with van der Waals surface area (Å²) in [5, 5.41) is 12.5. The molecule has 2 amide bonds. The van der Waals surface area contributed by atoms with Crippen molar-refractivity contribution < 1.29 is 9.90 Å². The number of nitrogens with one attached hydrogen (secondary N) is 1. The van der Waals surface area contributed by atoms with Gasteiger partial charge in [0.25, 0.3) is 0 Å². The van der Waals surface area contributed by atoms with E-state index in [0.717, 1.165) is 18.5 Å². The second-order valence-electron chi connectivity index (χ2n) is 6.27. The Morgan fingerprint density at radius 1 is 1.38 bits per heavy atom. The smallest absolute Gasteiger partial charge is 0.322 e. The first kappa shape index (κ1) is 15.8. The van der Waals surface area contributed by atoms with E-state index in [9.17, 15) is 9.90 Å². The maximum Gasteiger partial charge on any atom is 0.322 e. The van der Waals surface area contributed by atoms with Crippen LogP contribution in [0.4, 0.5) is 10.5 Å². The molecule has 21 heavy (non-hydrogen) atoms. The van der Waals surface area contributed by atoms with Gasteiger partial charge in [0.2, 0.25) is 0 Å². The van der Waals surface area contributed by atoms with Crippen LogP contribution in [0.15, 0.2) is 24.3 Å². The molecule has 0 aliphatic carbocycles. The summed E-state index contributed by atoms with van der Waals surface area (Å²) in [6.45, 7) is 7.13. The first-order valence-electron chi connectivity index (χ1n) is 7.81. The molecule has 2 rings (SSSR count). The van der Waals surface area contributed by atoms with E-state index in [1.54, 1.807) is 4.90 Å². The van der Waals surface area contributed by atoms with Crippen molar-refractivity contribution in [1.82, 2.24) is 4.90 Å². The number of amides is 2. The minimum absolute atomic E-state index is 0.0286. The van der Waals surface area contributed by atoms with Gasteiger partial charge in [0, 0.05) is 12.2 Å². The standard InChI is InChI=1S/C17H26N2O2/c1-12(2)14-6-8-15(9-7-14)18-17(21)19-10-4-5-13(3)16(19)11-20/h6-9,12-13,16,20H,4-5,10-11H2,1-3H3,(H,18,21). The Balaban J connectivity index is 2.03. The van der Waals surface area contributed by atoms with Crippen molar-refractivity contribution in [2.45, 2.75) is 45.6 Å². The highest BCUT2D eigenvalue weighted by molar-refractivity contribution is 5.89. The van der Waals surface area contributed by atoms with E-state index in [1.807, 2.05) is 24.3 Å². The normalized spacial score (nSPS) is 22.4. The van der Waals surface area contributed by atoms with Crippen molar-refractivity contribution in [2.24, 2.45) is 5.92 Å². The van der Waals surface area contributed by atoms with Crippen LogP contribution in [0.1, 0.15) is 45.1 Å². The van der Waals surface area contributed by atoms with Crippen LogP contribution >= 0.6 is 0 Å². The van der Waals surface area contributed by atoms with Crippen molar-refractivity contribution in [3.05, 3.63) is 29.8 Å². The van der Waals surface area contributed by atoms with E-state index >= 15 is 0 Å². The number of urea groups is 1. The molecule has 1 aliphatic heterocycles. The average molecular weight is 290 g/mol. The van der Waals surface area contributed by atoms with Gasteiger partial charge in [0.05, 0.1) is 12.6 Å². The number of hydrogen-bond donors (Lipinski definition) is 2. The Morgan fingerprint density at radius 3 is 2.62 bits per heavy atom. The summed E-state index contributed by atoms with van der Waals surface area (Å²) in [5.41, 5.74) is 2.06. The monoisotopic (exact) mass is 290 g/mol. The van der Waals surface area contributed by atoms with Crippen LogP contribution in [-0.4, -0.2) is 35.2 Å². The molecule has 2 N–H and O–H groups in total. The number of aliphatic hydroxyl groups excluding tert-OH is 1. The quantitative estimate of drug-likeness (QED) is 0.896. The van der Waals surface area contributed by atoms with Crippen LogP contribution in [0.2, 0.25) is 0 Å². The van der Waals surface area contributed by atoms with Crippen molar-refractivity contribution in [2.75, 3.05) is 18.5 Å². The van der Waals surface area contributed by atoms with Crippen LogP contribution in [0.25, 0.3) is 0 Å². The molecular weight excluding hydrogens is 264 g/mol. The Labute approximate surface area is 127 Å². The van der Waals surface area contributed by atoms with Crippen LogP contribution in [0, 0.1) is 5.92 Å². The summed E-state index contributed by atoms with van der Waals surface area (Å²) in [4.78, 5) is 14.2. The van der Waals surface area contributed by atoms with Gasteiger partial charge in [0.1, 0.15) is 0 Å². The number of carbonyl (C=O) groups is 1. The SMILES string of the molecule is CC(C)c1ccc(NC(=O)N2CCCC(C)C2CO)cc1. The number of hydrogen-bond acceptors (Lipinski definition) is 2. The molecule has 4 nitrogen and oxygen atoms in total. The summed E-state index contributed by atoms with van der Waals surface area (Å²) in [6.07, 6.45) is 2.06. The summed E-state index contributed by atoms with van der Waals surface area (Å²) < 4.78 is 0. The van der Waals surface area contributed by atoms with Gasteiger partial charge in [-0.15, -0.1) is 0 Å². The number of nitrogens with zero attached hydrogens (tertiary/aromatic N) is 1. The molecule has 1 aromatic rings. The van der Waals surface area contributed by atoms with Gasteiger partial charge in [0.15, 0.2) is 0 Å². The predicted molar refractivity (Wildman–Crippen MR) is 85.5 cm³/mol. The number of rotatable bonds is 3. The first-order valence-corrected chi connectivity index (χ1v) is 7.81. The van der Waals surface area contributed by atoms with E-state index in [4.69, 9.17) is 0 Å². The Bertz CT molecular complexity index is 470. The highest BCUT2D eigenvalue weighted by atomic mass is 16.3. The van der Waals surface area contributed by atoms with Gasteiger partial charge in [-0.25, -0.2) is 4.79 Å². The zero-order valence-electron chi connectivity index (χ0n) is 13.2. The lowest BCUT2D eigenvalue weighted by atomic mass is 9.91. The lowest BCUT2D eigenvalue weighted by Gasteiger charge is -2.38. The number of piperidine rings is 1. The van der Waals surface area contributed by atoms with Crippen molar-refractivity contribution in [3.8, 4) is 0 Å². The van der Waals surface area contributed by atoms with E-state index in [-0.39, 0.29) is 18.7 Å². The van der Waals surface area contributed by atoms with Gasteiger partial charge < -0.3 is 15.3 Å². The van der Waals surface area contributed by atoms with Crippen LogP contribution in [-0.2, 0) is 0 Å². The van der Waals surface area contributed by atoms with Gasteiger partial charge in [-0.3, -0.25) is 0 Å². The number of carbonyl (C=O) groups excluding carboxylic acids is 1. The lowest BCUT2D eigenvalue weighted by Crippen LogP contribution is -2.51. The number of likely N-dealkylation sites (tertiary alicyclic amines) is 1. The van der Waals surface area contributed by atoms with E-state index in [0.29, 0.717) is 18.4 Å². The van der Waals surface area contributed by atoms with Crippen LogP contribution < -0.4 is 5.32 Å². The molecule has 0 aromatic heterocycles. The van der Waals surface area contributed by atoms with Gasteiger partial charge in [-0.1, -0.05) is 32.9 Å². The summed E-state index contributed by atoms with van der Waals surface area (Å²) in [6, 6.07) is 7.78. The molecule has 4 heteroatoms. The van der Waals surface area contributed by atoms with E-state index in [2.05, 4.69) is 26.1 Å². The second kappa shape index (κ2) is 6.94. The summed E-state index contributed by atoms with van der Waals surface area (Å²) >= 11 is 0. The van der Waals surface area contributed by atoms with Gasteiger partial charge in [-0.2, -0.15) is 0 Å². The fourth-order valence-corrected chi connectivity index (χ4v) is 2.93. The number of anilines is 1. The molecule has 0 saturated carbocycles. The van der Waals surface area contributed by atoms with Crippen molar-refractivity contribution in [3.63, 3.8) is 0 Å². The Morgan fingerprint density at radius 2 is 2.05 bits per heavy atom. The Hall–Kier alpha value is -1.55. The molecule has 1 saturated heterocycles. The highest BCUT2D eigenvalue weighted by Gasteiger charge is 2.31. The molecule has 2 atom stereocenters. The summed E-state index contributed by atoms with van der Waals surface area (Å²) in [5.74, 6) is 0.828. The average Bonchev–Trinajstić information content (AvgIpc) is 2.47. The molecule has 0 spiro atoms. The molecule has 1 aromatic carbocycles. The zero-order valence-corrected chi connectivity index (χ0v) is 13.2. The zero-order chi connectivity index (χ0) is 15.4. The molecular formula is C17H26N2O2. The molecule has 0 bridgehead atoms. The molecule has 1 fully saturated rings. The van der Waals surface area contributed by atoms with E-state index in [1.165, 1.54) is 5.56 Å². The third-order valence-electron chi connectivity index (χ3n) is 4.39. The topological polar surface area (TPSA) is 52.6 Å². The maximum absolute atomic E-state index is 12.4. The Kier molecular flexibility index (Phi) is 5.23. The lowest BCUT2D eigenvalue weighted by molar-refractivity contribution is 0.0811. The number of aliphatic hydroxyl groups is 1. The minimum Gasteiger partial charge on any atom is -0.394 e. The van der Waals surface area contributed by atoms with Crippen molar-refractivity contribution >= 4 is 11.7 Å². The molecule has 1 heterocycles. The predicted octanol–water partition coefficient (Wildman–Crippen LogP) is 3.43. The number of benzene rings is 1. The first-order chi connectivity index (χ1) is 10.0. The third-order valence-corrected chi connectivity index (χ3v) is 4.39. The highest BCUT2D eigenvalue weighted by Crippen LogP contribution is 2.24. The molecule has 1 aliphatic rings. The van der Waals surface area contributed by atoms with Gasteiger partial charge in [-0.05, 0) is 42.4 Å². The molecule has 0 radical (unpaired) electrons.